The van der Waals surface area contributed by atoms with Crippen LogP contribution in [0.15, 0.2) is 152 Å². The molecule has 2 heteroatoms. The summed E-state index contributed by atoms with van der Waals surface area (Å²) in [7, 11) is 0. The van der Waals surface area contributed by atoms with Gasteiger partial charge in [0.05, 0.1) is 0 Å². The molecule has 0 saturated heterocycles. The second kappa shape index (κ2) is 10.3. The van der Waals surface area contributed by atoms with Crippen LogP contribution in [0.1, 0.15) is 5.69 Å². The van der Waals surface area contributed by atoms with Crippen molar-refractivity contribution in [2.24, 2.45) is 0 Å². The second-order valence-corrected chi connectivity index (χ2v) is 11.1. The molecule has 6 aromatic carbocycles. The van der Waals surface area contributed by atoms with Crippen molar-refractivity contribution < 1.29 is 0 Å². The zero-order valence-corrected chi connectivity index (χ0v) is 23.8. The smallest absolute Gasteiger partial charge is 0.0373 e. The summed E-state index contributed by atoms with van der Waals surface area (Å²) in [5.41, 5.74) is 10.6. The number of hydrogen-bond donors (Lipinski definition) is 0. The van der Waals surface area contributed by atoms with Crippen LogP contribution in [-0.4, -0.2) is 9.97 Å². The Kier molecular flexibility index (Phi) is 6.05. The van der Waals surface area contributed by atoms with Gasteiger partial charge in [-0.2, -0.15) is 0 Å². The number of rotatable bonds is 4. The zero-order valence-electron chi connectivity index (χ0n) is 23.8. The molecule has 2 aromatic heterocycles. The SMILES string of the molecule is Cc1ccc(-c2ccc(-c3c4ccccc4c(-c4ccc(-c5cccnc5)c5ccccc45)c4ccccc34)cc2)cn1. The molecule has 0 aliphatic carbocycles. The molecular formula is C41H28N2. The van der Waals surface area contributed by atoms with Crippen molar-refractivity contribution in [1.29, 1.82) is 0 Å². The van der Waals surface area contributed by atoms with E-state index in [1.54, 1.807) is 0 Å². The average molecular weight is 549 g/mol. The predicted molar refractivity (Wildman–Crippen MR) is 181 cm³/mol. The molecular weight excluding hydrogens is 520 g/mol. The van der Waals surface area contributed by atoms with E-state index in [4.69, 9.17) is 0 Å². The third-order valence-electron chi connectivity index (χ3n) is 8.52. The number of nitrogens with zero attached hydrogens (tertiary/aromatic N) is 2. The molecule has 8 aromatic rings. The Labute approximate surface area is 251 Å². The lowest BCUT2D eigenvalue weighted by Gasteiger charge is -2.19. The highest BCUT2D eigenvalue weighted by Gasteiger charge is 2.19. The van der Waals surface area contributed by atoms with Crippen molar-refractivity contribution >= 4 is 32.3 Å². The van der Waals surface area contributed by atoms with E-state index < -0.39 is 0 Å². The summed E-state index contributed by atoms with van der Waals surface area (Å²) in [6.07, 6.45) is 5.72. The van der Waals surface area contributed by atoms with Crippen LogP contribution < -0.4 is 0 Å². The first-order valence-electron chi connectivity index (χ1n) is 14.7. The molecule has 0 unspecified atom stereocenters. The first-order chi connectivity index (χ1) is 21.3. The van der Waals surface area contributed by atoms with E-state index in [0.29, 0.717) is 0 Å². The minimum atomic E-state index is 1.03. The van der Waals surface area contributed by atoms with Crippen LogP contribution in [0.2, 0.25) is 0 Å². The molecule has 8 rings (SSSR count). The molecule has 202 valence electrons. The molecule has 0 aliphatic heterocycles. The van der Waals surface area contributed by atoms with Gasteiger partial charge in [0.2, 0.25) is 0 Å². The molecule has 0 fully saturated rings. The van der Waals surface area contributed by atoms with Crippen molar-refractivity contribution in [2.75, 3.05) is 0 Å². The minimum Gasteiger partial charge on any atom is -0.264 e. The van der Waals surface area contributed by atoms with E-state index in [2.05, 4.69) is 137 Å². The monoisotopic (exact) mass is 548 g/mol. The summed E-state index contributed by atoms with van der Waals surface area (Å²) < 4.78 is 0. The number of aromatic nitrogens is 2. The lowest BCUT2D eigenvalue weighted by atomic mass is 9.83. The molecule has 0 spiro atoms. The van der Waals surface area contributed by atoms with Gasteiger partial charge in [0.15, 0.2) is 0 Å². The van der Waals surface area contributed by atoms with Gasteiger partial charge >= 0.3 is 0 Å². The van der Waals surface area contributed by atoms with Crippen molar-refractivity contribution in [2.45, 2.75) is 6.92 Å². The Balaban J connectivity index is 1.38. The van der Waals surface area contributed by atoms with E-state index in [-0.39, 0.29) is 0 Å². The van der Waals surface area contributed by atoms with Crippen LogP contribution in [-0.2, 0) is 0 Å². The van der Waals surface area contributed by atoms with Gasteiger partial charge in [0.1, 0.15) is 0 Å². The molecule has 2 heterocycles. The minimum absolute atomic E-state index is 1.03. The van der Waals surface area contributed by atoms with E-state index in [9.17, 15) is 0 Å². The molecule has 0 amide bonds. The Hall–Kier alpha value is -5.60. The Morgan fingerprint density at radius 2 is 0.907 bits per heavy atom. The Morgan fingerprint density at radius 1 is 0.372 bits per heavy atom. The Bertz CT molecular complexity index is 2210. The summed E-state index contributed by atoms with van der Waals surface area (Å²) in [6.45, 7) is 2.02. The first kappa shape index (κ1) is 25.1. The van der Waals surface area contributed by atoms with Crippen LogP contribution >= 0.6 is 0 Å². The van der Waals surface area contributed by atoms with Crippen LogP contribution in [0.25, 0.3) is 76.8 Å². The fourth-order valence-electron chi connectivity index (χ4n) is 6.49. The maximum absolute atomic E-state index is 4.50. The van der Waals surface area contributed by atoms with Crippen molar-refractivity contribution in [3.8, 4) is 44.5 Å². The number of hydrogen-bond acceptors (Lipinski definition) is 2. The van der Waals surface area contributed by atoms with Crippen LogP contribution in [0.3, 0.4) is 0 Å². The van der Waals surface area contributed by atoms with Gasteiger partial charge < -0.3 is 0 Å². The maximum Gasteiger partial charge on any atom is 0.0373 e. The summed E-state index contributed by atoms with van der Waals surface area (Å²) in [4.78, 5) is 8.89. The summed E-state index contributed by atoms with van der Waals surface area (Å²) in [6, 6.07) is 48.3. The predicted octanol–water partition coefficient (Wildman–Crippen LogP) is 10.9. The summed E-state index contributed by atoms with van der Waals surface area (Å²) in [5.74, 6) is 0. The van der Waals surface area contributed by atoms with Crippen molar-refractivity contribution in [1.82, 2.24) is 9.97 Å². The lowest BCUT2D eigenvalue weighted by molar-refractivity contribution is 1.20. The molecule has 0 aliphatic rings. The maximum atomic E-state index is 4.50. The standard InChI is InChI=1S/C41H28N2/c1-27-16-17-30(26-43-27)28-18-20-29(21-19-28)40-35-12-4-6-14-37(35)41(38-15-7-5-13-36(38)40)39-23-22-32(31-9-8-24-42-25-31)33-10-2-3-11-34(33)39/h2-26H,1H3. The van der Waals surface area contributed by atoms with Gasteiger partial charge in [-0.05, 0) is 84.8 Å². The fourth-order valence-corrected chi connectivity index (χ4v) is 6.49. The van der Waals surface area contributed by atoms with Crippen LogP contribution in [0.4, 0.5) is 0 Å². The molecule has 0 radical (unpaired) electrons. The molecule has 2 nitrogen and oxygen atoms in total. The quantitative estimate of drug-likeness (QED) is 0.204. The van der Waals surface area contributed by atoms with E-state index >= 15 is 0 Å². The zero-order chi connectivity index (χ0) is 28.8. The fraction of sp³-hybridized carbons (Fsp3) is 0.0244. The van der Waals surface area contributed by atoms with E-state index in [0.717, 1.165) is 16.8 Å². The molecule has 0 atom stereocenters. The third-order valence-corrected chi connectivity index (χ3v) is 8.52. The van der Waals surface area contributed by atoms with E-state index in [1.807, 2.05) is 31.6 Å². The molecule has 43 heavy (non-hydrogen) atoms. The molecule has 0 saturated carbocycles. The highest BCUT2D eigenvalue weighted by atomic mass is 14.7. The number of aryl methyl sites for hydroxylation is 1. The van der Waals surface area contributed by atoms with Crippen molar-refractivity contribution in [3.05, 3.63) is 158 Å². The van der Waals surface area contributed by atoms with Gasteiger partial charge in [0, 0.05) is 35.4 Å². The number of pyridine rings is 2. The number of benzene rings is 6. The Morgan fingerprint density at radius 3 is 1.49 bits per heavy atom. The van der Waals surface area contributed by atoms with E-state index in [1.165, 1.54) is 65.7 Å². The van der Waals surface area contributed by atoms with Gasteiger partial charge in [-0.15, -0.1) is 0 Å². The van der Waals surface area contributed by atoms with Crippen LogP contribution in [0.5, 0.6) is 0 Å². The van der Waals surface area contributed by atoms with Gasteiger partial charge in [-0.1, -0.05) is 121 Å². The van der Waals surface area contributed by atoms with Gasteiger partial charge in [0.25, 0.3) is 0 Å². The third kappa shape index (κ3) is 4.27. The lowest BCUT2D eigenvalue weighted by Crippen LogP contribution is -1.92. The average Bonchev–Trinajstić information content (AvgIpc) is 3.08. The first-order valence-corrected chi connectivity index (χ1v) is 14.7. The highest BCUT2D eigenvalue weighted by Crippen LogP contribution is 2.46. The van der Waals surface area contributed by atoms with Gasteiger partial charge in [-0.25, -0.2) is 0 Å². The largest absolute Gasteiger partial charge is 0.264 e. The second-order valence-electron chi connectivity index (χ2n) is 11.1. The summed E-state index contributed by atoms with van der Waals surface area (Å²) >= 11 is 0. The van der Waals surface area contributed by atoms with Crippen LogP contribution in [0, 0.1) is 6.92 Å². The normalized spacial score (nSPS) is 11.4. The highest BCUT2D eigenvalue weighted by molar-refractivity contribution is 6.24. The number of fused-ring (bicyclic) bond motifs is 3. The van der Waals surface area contributed by atoms with Crippen molar-refractivity contribution in [3.63, 3.8) is 0 Å². The van der Waals surface area contributed by atoms with Gasteiger partial charge in [-0.3, -0.25) is 9.97 Å². The topological polar surface area (TPSA) is 25.8 Å². The summed E-state index contributed by atoms with van der Waals surface area (Å²) in [5, 5.41) is 7.47. The molecule has 0 N–H and O–H groups in total. The molecule has 0 bridgehead atoms.